The van der Waals surface area contributed by atoms with Gasteiger partial charge in [0.1, 0.15) is 5.02 Å². The van der Waals surface area contributed by atoms with E-state index >= 15 is 0 Å². The van der Waals surface area contributed by atoms with Gasteiger partial charge in [0.05, 0.1) is 10.6 Å². The second-order valence-corrected chi connectivity index (χ2v) is 4.53. The summed E-state index contributed by atoms with van der Waals surface area (Å²) in [5.74, 6) is -1.22. The molecule has 0 radical (unpaired) electrons. The fraction of sp³-hybridized carbons (Fsp3) is 0.167. The number of hydrogen-bond donors (Lipinski definition) is 2. The fourth-order valence-corrected chi connectivity index (χ4v) is 2.06. The highest BCUT2D eigenvalue weighted by Gasteiger charge is 2.18. The van der Waals surface area contributed by atoms with E-state index in [-0.39, 0.29) is 29.4 Å². The van der Waals surface area contributed by atoms with Crippen LogP contribution in [0.15, 0.2) is 24.4 Å². The number of rotatable bonds is 5. The molecule has 1 aromatic heterocycles. The van der Waals surface area contributed by atoms with Crippen LogP contribution in [0.25, 0.3) is 5.69 Å². The molecule has 2 rings (SSSR count). The number of aliphatic hydroxyl groups is 1. The Morgan fingerprint density at radius 2 is 2.19 bits per heavy atom. The van der Waals surface area contributed by atoms with Crippen LogP contribution in [0.5, 0.6) is 0 Å². The number of aromatic nitrogens is 2. The van der Waals surface area contributed by atoms with Gasteiger partial charge in [0, 0.05) is 24.4 Å². The SMILES string of the molecule is O=C(O)c1nn(-c2ccc([N+](=O)[O-])c(Cl)c2)cc1CCO. The number of nitrogens with zero attached hydrogens (tertiary/aromatic N) is 3. The molecular formula is C12H10ClN3O5. The molecule has 0 saturated carbocycles. The van der Waals surface area contributed by atoms with Crippen molar-refractivity contribution >= 4 is 23.3 Å². The highest BCUT2D eigenvalue weighted by Crippen LogP contribution is 2.26. The number of hydrogen-bond acceptors (Lipinski definition) is 5. The summed E-state index contributed by atoms with van der Waals surface area (Å²) >= 11 is 5.81. The number of carboxylic acid groups (broad SMARTS) is 1. The van der Waals surface area contributed by atoms with Gasteiger partial charge in [0.2, 0.25) is 0 Å². The van der Waals surface area contributed by atoms with Gasteiger partial charge in [-0.2, -0.15) is 5.10 Å². The van der Waals surface area contributed by atoms with Gasteiger partial charge in [-0.3, -0.25) is 10.1 Å². The predicted octanol–water partition coefficient (Wildman–Crippen LogP) is 1.67. The van der Waals surface area contributed by atoms with E-state index in [1.165, 1.54) is 29.1 Å². The average Bonchev–Trinajstić information content (AvgIpc) is 2.83. The topological polar surface area (TPSA) is 118 Å². The van der Waals surface area contributed by atoms with Gasteiger partial charge in [-0.05, 0) is 18.6 Å². The number of benzene rings is 1. The first-order valence-electron chi connectivity index (χ1n) is 5.81. The van der Waals surface area contributed by atoms with Gasteiger partial charge in [0.15, 0.2) is 5.69 Å². The zero-order valence-corrected chi connectivity index (χ0v) is 11.3. The number of nitro groups is 1. The summed E-state index contributed by atoms with van der Waals surface area (Å²) < 4.78 is 1.25. The molecule has 0 atom stereocenters. The van der Waals surface area contributed by atoms with Crippen LogP contribution < -0.4 is 0 Å². The molecule has 9 heteroatoms. The largest absolute Gasteiger partial charge is 0.476 e. The van der Waals surface area contributed by atoms with Crippen molar-refractivity contribution in [2.45, 2.75) is 6.42 Å². The van der Waals surface area contributed by atoms with Crippen LogP contribution in [0, 0.1) is 10.1 Å². The van der Waals surface area contributed by atoms with E-state index in [0.29, 0.717) is 11.3 Å². The normalized spacial score (nSPS) is 10.6. The lowest BCUT2D eigenvalue weighted by Gasteiger charge is -2.02. The van der Waals surface area contributed by atoms with Crippen molar-refractivity contribution in [1.29, 1.82) is 0 Å². The van der Waals surface area contributed by atoms with Crippen LogP contribution in [-0.2, 0) is 6.42 Å². The zero-order chi connectivity index (χ0) is 15.6. The molecular weight excluding hydrogens is 302 g/mol. The summed E-state index contributed by atoms with van der Waals surface area (Å²) in [5.41, 5.74) is 0.317. The van der Waals surface area contributed by atoms with Crippen LogP contribution in [0.4, 0.5) is 5.69 Å². The number of nitro benzene ring substituents is 1. The third-order valence-electron chi connectivity index (χ3n) is 2.77. The maximum atomic E-state index is 11.1. The molecule has 0 unspecified atom stereocenters. The van der Waals surface area contributed by atoms with Crippen molar-refractivity contribution < 1.29 is 19.9 Å². The lowest BCUT2D eigenvalue weighted by molar-refractivity contribution is -0.384. The standard InChI is InChI=1S/C12H10ClN3O5/c13-9-5-8(1-2-10(9)16(20)21)15-6-7(3-4-17)11(14-15)12(18)19/h1-2,5-6,17H,3-4H2,(H,18,19). The minimum atomic E-state index is -1.22. The Morgan fingerprint density at radius 1 is 1.48 bits per heavy atom. The molecule has 0 saturated heterocycles. The Kier molecular flexibility index (Phi) is 4.20. The highest BCUT2D eigenvalue weighted by molar-refractivity contribution is 6.32. The summed E-state index contributed by atoms with van der Waals surface area (Å²) in [5, 5.41) is 32.5. The number of halogens is 1. The zero-order valence-electron chi connectivity index (χ0n) is 10.6. The lowest BCUT2D eigenvalue weighted by Crippen LogP contribution is -2.04. The van der Waals surface area contributed by atoms with E-state index in [2.05, 4.69) is 5.10 Å². The maximum Gasteiger partial charge on any atom is 0.356 e. The summed E-state index contributed by atoms with van der Waals surface area (Å²) in [6.07, 6.45) is 1.58. The molecule has 8 nitrogen and oxygen atoms in total. The number of carboxylic acids is 1. The molecule has 0 aliphatic rings. The van der Waals surface area contributed by atoms with Crippen LogP contribution in [-0.4, -0.2) is 37.5 Å². The molecule has 0 bridgehead atoms. The van der Waals surface area contributed by atoms with Crippen molar-refractivity contribution in [3.63, 3.8) is 0 Å². The molecule has 1 aromatic carbocycles. The van der Waals surface area contributed by atoms with E-state index in [0.717, 1.165) is 0 Å². The fourth-order valence-electron chi connectivity index (χ4n) is 1.81. The van der Waals surface area contributed by atoms with Crippen molar-refractivity contribution in [3.8, 4) is 5.69 Å². The minimum absolute atomic E-state index is 0.0754. The molecule has 21 heavy (non-hydrogen) atoms. The molecule has 0 aliphatic heterocycles. The van der Waals surface area contributed by atoms with Crippen LogP contribution in [0.3, 0.4) is 0 Å². The molecule has 0 spiro atoms. The first kappa shape index (κ1) is 14.9. The van der Waals surface area contributed by atoms with E-state index in [4.69, 9.17) is 21.8 Å². The first-order valence-corrected chi connectivity index (χ1v) is 6.19. The summed E-state index contributed by atoms with van der Waals surface area (Å²) in [7, 11) is 0. The second-order valence-electron chi connectivity index (χ2n) is 4.12. The monoisotopic (exact) mass is 311 g/mol. The summed E-state index contributed by atoms with van der Waals surface area (Å²) in [6.45, 7) is -0.215. The van der Waals surface area contributed by atoms with E-state index in [9.17, 15) is 14.9 Å². The van der Waals surface area contributed by atoms with Gasteiger partial charge >= 0.3 is 5.97 Å². The van der Waals surface area contributed by atoms with Gasteiger partial charge in [-0.25, -0.2) is 9.48 Å². The Hall–Kier alpha value is -2.45. The Bertz CT molecular complexity index is 713. The third-order valence-corrected chi connectivity index (χ3v) is 3.07. The number of aliphatic hydroxyl groups excluding tert-OH is 1. The van der Waals surface area contributed by atoms with Crippen LogP contribution in [0.1, 0.15) is 16.1 Å². The van der Waals surface area contributed by atoms with Crippen LogP contribution in [0.2, 0.25) is 5.02 Å². The number of carbonyl (C=O) groups is 1. The van der Waals surface area contributed by atoms with Crippen molar-refractivity contribution in [2.75, 3.05) is 6.61 Å². The second kappa shape index (κ2) is 5.90. The van der Waals surface area contributed by atoms with E-state index in [1.54, 1.807) is 0 Å². The van der Waals surface area contributed by atoms with Gasteiger partial charge in [0.25, 0.3) is 5.69 Å². The maximum absolute atomic E-state index is 11.1. The van der Waals surface area contributed by atoms with Gasteiger partial charge in [-0.1, -0.05) is 11.6 Å². The first-order chi connectivity index (χ1) is 9.93. The van der Waals surface area contributed by atoms with E-state index < -0.39 is 10.9 Å². The van der Waals surface area contributed by atoms with Crippen LogP contribution >= 0.6 is 11.6 Å². The molecule has 2 N–H and O–H groups in total. The predicted molar refractivity (Wildman–Crippen MR) is 73.0 cm³/mol. The molecule has 110 valence electrons. The molecule has 0 fully saturated rings. The summed E-state index contributed by atoms with van der Waals surface area (Å²) in [6, 6.07) is 3.94. The van der Waals surface area contributed by atoms with Crippen molar-refractivity contribution in [1.82, 2.24) is 9.78 Å². The Balaban J connectivity index is 2.47. The average molecular weight is 312 g/mol. The smallest absolute Gasteiger partial charge is 0.356 e. The Morgan fingerprint density at radius 3 is 2.71 bits per heavy atom. The third kappa shape index (κ3) is 3.01. The lowest BCUT2D eigenvalue weighted by atomic mass is 10.2. The number of aromatic carboxylic acids is 1. The van der Waals surface area contributed by atoms with Gasteiger partial charge < -0.3 is 10.2 Å². The quantitative estimate of drug-likeness (QED) is 0.640. The van der Waals surface area contributed by atoms with Gasteiger partial charge in [-0.15, -0.1) is 0 Å². The van der Waals surface area contributed by atoms with E-state index in [1.807, 2.05) is 0 Å². The van der Waals surface area contributed by atoms with Crippen molar-refractivity contribution in [2.24, 2.45) is 0 Å². The highest BCUT2D eigenvalue weighted by atomic mass is 35.5. The van der Waals surface area contributed by atoms with Crippen molar-refractivity contribution in [3.05, 3.63) is 50.8 Å². The minimum Gasteiger partial charge on any atom is -0.476 e. The molecule has 1 heterocycles. The Labute approximate surface area is 123 Å². The summed E-state index contributed by atoms with van der Waals surface area (Å²) in [4.78, 5) is 21.2. The molecule has 0 aliphatic carbocycles. The molecule has 0 amide bonds. The molecule has 2 aromatic rings.